The summed E-state index contributed by atoms with van der Waals surface area (Å²) in [4.78, 5) is 4.13. The molecule has 2 rings (SSSR count). The summed E-state index contributed by atoms with van der Waals surface area (Å²) in [5.74, 6) is 0. The number of rotatable bonds is 1. The van der Waals surface area contributed by atoms with E-state index in [4.69, 9.17) is 5.26 Å². The van der Waals surface area contributed by atoms with Gasteiger partial charge in [-0.1, -0.05) is 12.1 Å². The van der Waals surface area contributed by atoms with Gasteiger partial charge in [0.2, 0.25) is 0 Å². The van der Waals surface area contributed by atoms with Gasteiger partial charge in [0, 0.05) is 17.8 Å². The number of nitrogens with zero attached hydrogens (tertiary/aromatic N) is 2. The van der Waals surface area contributed by atoms with Crippen molar-refractivity contribution in [3.05, 3.63) is 41.7 Å². The first-order valence-corrected chi connectivity index (χ1v) is 4.51. The van der Waals surface area contributed by atoms with Crippen molar-refractivity contribution in [2.75, 3.05) is 0 Å². The molecule has 0 atom stereocenters. The molecule has 68 valence electrons. The van der Waals surface area contributed by atoms with Crippen LogP contribution in [-0.2, 0) is 6.42 Å². The summed E-state index contributed by atoms with van der Waals surface area (Å²) in [6.07, 6.45) is 4.15. The first-order valence-electron chi connectivity index (χ1n) is 4.51. The standard InChI is InChI=1S/C12H10N2/c1-9-7-14-8-11-6-10(4-5-13)2-3-12(9)11/h2-3,6-8H,4H2,1H3. The molecule has 0 aliphatic carbocycles. The van der Waals surface area contributed by atoms with Gasteiger partial charge >= 0.3 is 0 Å². The van der Waals surface area contributed by atoms with E-state index in [1.54, 1.807) is 0 Å². The van der Waals surface area contributed by atoms with Crippen LogP contribution in [0.15, 0.2) is 30.6 Å². The highest BCUT2D eigenvalue weighted by Crippen LogP contribution is 2.18. The molecule has 1 aromatic carbocycles. The zero-order valence-electron chi connectivity index (χ0n) is 7.99. The quantitative estimate of drug-likeness (QED) is 0.679. The highest BCUT2D eigenvalue weighted by Gasteiger charge is 1.98. The van der Waals surface area contributed by atoms with E-state index in [0.29, 0.717) is 6.42 Å². The van der Waals surface area contributed by atoms with Gasteiger partial charge in [0.05, 0.1) is 12.5 Å². The largest absolute Gasteiger partial charge is 0.264 e. The molecule has 1 aromatic heterocycles. The highest BCUT2D eigenvalue weighted by molar-refractivity contribution is 5.85. The van der Waals surface area contributed by atoms with Gasteiger partial charge in [-0.2, -0.15) is 5.26 Å². The average molecular weight is 182 g/mol. The Morgan fingerprint density at radius 1 is 1.36 bits per heavy atom. The van der Waals surface area contributed by atoms with Crippen molar-refractivity contribution >= 4 is 10.8 Å². The number of aromatic nitrogens is 1. The molecule has 2 heteroatoms. The molecule has 0 amide bonds. The van der Waals surface area contributed by atoms with E-state index < -0.39 is 0 Å². The zero-order valence-corrected chi connectivity index (χ0v) is 7.99. The molecule has 0 spiro atoms. The van der Waals surface area contributed by atoms with Crippen molar-refractivity contribution in [3.8, 4) is 6.07 Å². The minimum Gasteiger partial charge on any atom is -0.264 e. The molecule has 0 aliphatic heterocycles. The molecule has 0 radical (unpaired) electrons. The molecule has 14 heavy (non-hydrogen) atoms. The number of benzene rings is 1. The monoisotopic (exact) mass is 182 g/mol. The van der Waals surface area contributed by atoms with Crippen LogP contribution in [0.25, 0.3) is 10.8 Å². The van der Waals surface area contributed by atoms with Crippen LogP contribution in [0.4, 0.5) is 0 Å². The van der Waals surface area contributed by atoms with Gasteiger partial charge in [0.25, 0.3) is 0 Å². The number of hydrogen-bond donors (Lipinski definition) is 0. The molecule has 2 nitrogen and oxygen atoms in total. The van der Waals surface area contributed by atoms with Crippen LogP contribution in [0.3, 0.4) is 0 Å². The molecule has 0 bridgehead atoms. The Labute approximate surface area is 82.8 Å². The molecule has 0 saturated heterocycles. The fourth-order valence-corrected chi connectivity index (χ4v) is 1.58. The molecule has 0 aliphatic rings. The lowest BCUT2D eigenvalue weighted by molar-refractivity contribution is 1.26. The Morgan fingerprint density at radius 3 is 3.00 bits per heavy atom. The fourth-order valence-electron chi connectivity index (χ4n) is 1.58. The van der Waals surface area contributed by atoms with Crippen molar-refractivity contribution in [2.24, 2.45) is 0 Å². The Bertz CT molecular complexity index is 509. The maximum absolute atomic E-state index is 8.58. The number of pyridine rings is 1. The average Bonchev–Trinajstić information content (AvgIpc) is 2.18. The summed E-state index contributed by atoms with van der Waals surface area (Å²) >= 11 is 0. The number of nitriles is 1. The van der Waals surface area contributed by atoms with E-state index in [-0.39, 0.29) is 0 Å². The first-order chi connectivity index (χ1) is 6.81. The fraction of sp³-hybridized carbons (Fsp3) is 0.167. The summed E-state index contributed by atoms with van der Waals surface area (Å²) in [5.41, 5.74) is 2.22. The molecular formula is C12H10N2. The molecule has 0 saturated carbocycles. The van der Waals surface area contributed by atoms with Crippen LogP contribution in [0, 0.1) is 18.3 Å². The van der Waals surface area contributed by atoms with E-state index in [0.717, 1.165) is 10.9 Å². The molecule has 0 fully saturated rings. The third kappa shape index (κ3) is 1.45. The van der Waals surface area contributed by atoms with Crippen molar-refractivity contribution in [3.63, 3.8) is 0 Å². The highest BCUT2D eigenvalue weighted by atomic mass is 14.6. The van der Waals surface area contributed by atoms with Crippen LogP contribution < -0.4 is 0 Å². The minimum atomic E-state index is 0.462. The smallest absolute Gasteiger partial charge is 0.0669 e. The third-order valence-corrected chi connectivity index (χ3v) is 2.31. The molecule has 2 aromatic rings. The number of aryl methyl sites for hydroxylation is 1. The van der Waals surface area contributed by atoms with Crippen LogP contribution in [0.1, 0.15) is 11.1 Å². The van der Waals surface area contributed by atoms with Crippen molar-refractivity contribution in [2.45, 2.75) is 13.3 Å². The second-order valence-electron chi connectivity index (χ2n) is 3.35. The molecular weight excluding hydrogens is 172 g/mol. The SMILES string of the molecule is Cc1cncc2cc(CC#N)ccc12. The van der Waals surface area contributed by atoms with Gasteiger partial charge in [-0.3, -0.25) is 4.98 Å². The zero-order chi connectivity index (χ0) is 9.97. The molecule has 1 heterocycles. The van der Waals surface area contributed by atoms with Crippen LogP contribution in [0.5, 0.6) is 0 Å². The molecule has 0 unspecified atom stereocenters. The molecule has 0 N–H and O–H groups in total. The third-order valence-electron chi connectivity index (χ3n) is 2.31. The maximum Gasteiger partial charge on any atom is 0.0669 e. The maximum atomic E-state index is 8.58. The predicted octanol–water partition coefficient (Wildman–Crippen LogP) is 2.61. The predicted molar refractivity (Wildman–Crippen MR) is 55.8 cm³/mol. The van der Waals surface area contributed by atoms with Crippen LogP contribution >= 0.6 is 0 Å². The summed E-state index contributed by atoms with van der Waals surface area (Å²) in [5, 5.41) is 10.9. The van der Waals surface area contributed by atoms with Gasteiger partial charge in [-0.15, -0.1) is 0 Å². The lowest BCUT2D eigenvalue weighted by atomic mass is 10.0. The number of hydrogen-bond acceptors (Lipinski definition) is 2. The van der Waals surface area contributed by atoms with Gasteiger partial charge in [-0.05, 0) is 29.5 Å². The second-order valence-corrected chi connectivity index (χ2v) is 3.35. The minimum absolute atomic E-state index is 0.462. The summed E-state index contributed by atoms with van der Waals surface area (Å²) in [6.45, 7) is 2.04. The first kappa shape index (κ1) is 8.71. The summed E-state index contributed by atoms with van der Waals surface area (Å²) < 4.78 is 0. The van der Waals surface area contributed by atoms with Crippen molar-refractivity contribution in [1.29, 1.82) is 5.26 Å². The van der Waals surface area contributed by atoms with Gasteiger partial charge in [0.15, 0.2) is 0 Å². The van der Waals surface area contributed by atoms with E-state index in [1.807, 2.05) is 31.5 Å². The Hall–Kier alpha value is -1.88. The normalized spacial score (nSPS) is 10.0. The van der Waals surface area contributed by atoms with Gasteiger partial charge in [0.1, 0.15) is 0 Å². The lowest BCUT2D eigenvalue weighted by Gasteiger charge is -2.02. The Balaban J connectivity index is 2.63. The summed E-state index contributed by atoms with van der Waals surface area (Å²) in [7, 11) is 0. The van der Waals surface area contributed by atoms with E-state index >= 15 is 0 Å². The van der Waals surface area contributed by atoms with Crippen LogP contribution in [0.2, 0.25) is 0 Å². The van der Waals surface area contributed by atoms with E-state index in [9.17, 15) is 0 Å². The van der Waals surface area contributed by atoms with E-state index in [1.165, 1.54) is 10.9 Å². The van der Waals surface area contributed by atoms with Crippen molar-refractivity contribution < 1.29 is 0 Å². The topological polar surface area (TPSA) is 36.7 Å². The van der Waals surface area contributed by atoms with Gasteiger partial charge in [-0.25, -0.2) is 0 Å². The van der Waals surface area contributed by atoms with E-state index in [2.05, 4.69) is 17.1 Å². The Kier molecular flexibility index (Phi) is 2.16. The summed E-state index contributed by atoms with van der Waals surface area (Å²) in [6, 6.07) is 8.22. The van der Waals surface area contributed by atoms with Crippen molar-refractivity contribution in [1.82, 2.24) is 4.98 Å². The van der Waals surface area contributed by atoms with Crippen LogP contribution in [-0.4, -0.2) is 4.98 Å². The second kappa shape index (κ2) is 3.47. The van der Waals surface area contributed by atoms with Gasteiger partial charge < -0.3 is 0 Å². The lowest BCUT2D eigenvalue weighted by Crippen LogP contribution is -1.85. The Morgan fingerprint density at radius 2 is 2.21 bits per heavy atom. The number of fused-ring (bicyclic) bond motifs is 1.